The molecular weight excluding hydrogens is 191 g/mol. The van der Waals surface area contributed by atoms with Gasteiger partial charge in [-0.05, 0) is 11.5 Å². The first-order valence-corrected chi connectivity index (χ1v) is 4.38. The zero-order valence-corrected chi connectivity index (χ0v) is 8.61. The van der Waals surface area contributed by atoms with Crippen LogP contribution in [0.25, 0.3) is 0 Å². The van der Waals surface area contributed by atoms with Crippen LogP contribution in [0.3, 0.4) is 0 Å². The highest BCUT2D eigenvalue weighted by atomic mass is 35.5. The minimum atomic E-state index is -0.461. The van der Waals surface area contributed by atoms with E-state index in [1.807, 2.05) is 20.8 Å². The van der Waals surface area contributed by atoms with E-state index in [4.69, 9.17) is 16.7 Å². The first-order valence-electron chi connectivity index (χ1n) is 4.01. The maximum atomic E-state index is 13.4. The van der Waals surface area contributed by atoms with Gasteiger partial charge in [-0.15, -0.1) is 0 Å². The highest BCUT2D eigenvalue weighted by Crippen LogP contribution is 2.34. The van der Waals surface area contributed by atoms with E-state index in [9.17, 15) is 4.39 Å². The molecule has 0 heterocycles. The maximum absolute atomic E-state index is 13.4. The Balaban J connectivity index is 3.38. The first kappa shape index (κ1) is 10.3. The van der Waals surface area contributed by atoms with Crippen LogP contribution in [0.1, 0.15) is 26.3 Å². The minimum Gasteiger partial charge on any atom is -0.508 e. The summed E-state index contributed by atoms with van der Waals surface area (Å²) in [6.07, 6.45) is 0. The van der Waals surface area contributed by atoms with Crippen LogP contribution in [0, 0.1) is 5.82 Å². The van der Waals surface area contributed by atoms with Gasteiger partial charge in [0.25, 0.3) is 0 Å². The lowest BCUT2D eigenvalue weighted by Gasteiger charge is -2.21. The van der Waals surface area contributed by atoms with Gasteiger partial charge in [0.1, 0.15) is 11.6 Å². The van der Waals surface area contributed by atoms with Gasteiger partial charge in [-0.2, -0.15) is 0 Å². The molecule has 1 nitrogen and oxygen atoms in total. The number of aromatic hydroxyl groups is 1. The fourth-order valence-electron chi connectivity index (χ4n) is 1.28. The SMILES string of the molecule is CC(C)(C)c1c(F)cc(O)cc1Cl. The third-order valence-corrected chi connectivity index (χ3v) is 2.07. The summed E-state index contributed by atoms with van der Waals surface area (Å²) in [5.41, 5.74) is 0.0847. The molecule has 1 aromatic carbocycles. The zero-order chi connectivity index (χ0) is 10.2. The predicted molar refractivity (Wildman–Crippen MR) is 51.8 cm³/mol. The maximum Gasteiger partial charge on any atom is 0.132 e. The number of rotatable bonds is 0. The van der Waals surface area contributed by atoms with E-state index in [-0.39, 0.29) is 16.2 Å². The summed E-state index contributed by atoms with van der Waals surface area (Å²) in [6.45, 7) is 5.61. The van der Waals surface area contributed by atoms with Crippen LogP contribution in [0.2, 0.25) is 5.02 Å². The zero-order valence-electron chi connectivity index (χ0n) is 7.86. The summed E-state index contributed by atoms with van der Waals surface area (Å²) in [5.74, 6) is -0.604. The number of benzene rings is 1. The molecule has 0 saturated carbocycles. The average molecular weight is 203 g/mol. The van der Waals surface area contributed by atoms with E-state index in [0.29, 0.717) is 5.56 Å². The molecule has 0 spiro atoms. The van der Waals surface area contributed by atoms with Crippen molar-refractivity contribution >= 4 is 11.6 Å². The molecule has 0 aromatic heterocycles. The van der Waals surface area contributed by atoms with Gasteiger partial charge in [0.2, 0.25) is 0 Å². The molecule has 0 fully saturated rings. The van der Waals surface area contributed by atoms with Gasteiger partial charge in [0.15, 0.2) is 0 Å². The molecular formula is C10H12ClFO. The molecule has 0 aliphatic heterocycles. The van der Waals surface area contributed by atoms with Gasteiger partial charge < -0.3 is 5.11 Å². The monoisotopic (exact) mass is 202 g/mol. The Bertz CT molecular complexity index is 305. The molecule has 0 bridgehead atoms. The second-order valence-corrected chi connectivity index (χ2v) is 4.44. The lowest BCUT2D eigenvalue weighted by Crippen LogP contribution is -2.14. The Morgan fingerprint density at radius 3 is 2.23 bits per heavy atom. The molecule has 72 valence electrons. The van der Waals surface area contributed by atoms with Crippen molar-refractivity contribution in [2.45, 2.75) is 26.2 Å². The molecule has 0 unspecified atom stereocenters. The minimum absolute atomic E-state index is 0.143. The van der Waals surface area contributed by atoms with Crippen LogP contribution < -0.4 is 0 Å². The Morgan fingerprint density at radius 2 is 1.85 bits per heavy atom. The Labute approximate surface area is 82.2 Å². The molecule has 1 aromatic rings. The highest BCUT2D eigenvalue weighted by molar-refractivity contribution is 6.31. The van der Waals surface area contributed by atoms with Crippen LogP contribution in [-0.4, -0.2) is 5.11 Å². The molecule has 1 rings (SSSR count). The lowest BCUT2D eigenvalue weighted by molar-refractivity contribution is 0.461. The molecule has 0 aliphatic carbocycles. The van der Waals surface area contributed by atoms with Gasteiger partial charge in [0.05, 0.1) is 5.02 Å². The molecule has 1 N–H and O–H groups in total. The summed E-state index contributed by atoms with van der Waals surface area (Å²) in [5, 5.41) is 9.33. The quantitative estimate of drug-likeness (QED) is 0.683. The Morgan fingerprint density at radius 1 is 1.31 bits per heavy atom. The van der Waals surface area contributed by atoms with Crippen molar-refractivity contribution in [2.75, 3.05) is 0 Å². The number of phenolic OH excluding ortho intramolecular Hbond substituents is 1. The third-order valence-electron chi connectivity index (χ3n) is 1.78. The summed E-state index contributed by atoms with van der Waals surface area (Å²) >= 11 is 5.82. The first-order chi connectivity index (χ1) is 5.82. The van der Waals surface area contributed by atoms with Crippen LogP contribution in [0.5, 0.6) is 5.75 Å². The number of halogens is 2. The molecule has 0 atom stereocenters. The molecule has 3 heteroatoms. The second kappa shape index (κ2) is 3.18. The summed E-state index contributed by atoms with van der Waals surface area (Å²) in [4.78, 5) is 0. The van der Waals surface area contributed by atoms with Crippen LogP contribution in [-0.2, 0) is 5.41 Å². The smallest absolute Gasteiger partial charge is 0.132 e. The summed E-state index contributed by atoms with van der Waals surface area (Å²) in [7, 11) is 0. The van der Waals surface area contributed by atoms with E-state index in [1.165, 1.54) is 6.07 Å². The summed E-state index contributed by atoms with van der Waals surface area (Å²) in [6, 6.07) is 2.43. The Hall–Kier alpha value is -0.760. The average Bonchev–Trinajstić information content (AvgIpc) is 1.78. The fraction of sp³-hybridized carbons (Fsp3) is 0.400. The number of hydrogen-bond acceptors (Lipinski definition) is 1. The Kier molecular flexibility index (Phi) is 2.53. The van der Waals surface area contributed by atoms with Gasteiger partial charge in [-0.1, -0.05) is 32.4 Å². The molecule has 0 saturated heterocycles. The standard InChI is InChI=1S/C10H12ClFO/c1-10(2,3)9-7(11)4-6(13)5-8(9)12/h4-5,13H,1-3H3. The lowest BCUT2D eigenvalue weighted by atomic mass is 9.86. The van der Waals surface area contributed by atoms with Crippen molar-refractivity contribution in [3.63, 3.8) is 0 Å². The van der Waals surface area contributed by atoms with E-state index in [0.717, 1.165) is 6.07 Å². The van der Waals surface area contributed by atoms with E-state index < -0.39 is 5.82 Å². The normalized spacial score (nSPS) is 11.8. The highest BCUT2D eigenvalue weighted by Gasteiger charge is 2.22. The van der Waals surface area contributed by atoms with Crippen molar-refractivity contribution in [2.24, 2.45) is 0 Å². The van der Waals surface area contributed by atoms with Crippen LogP contribution >= 0.6 is 11.6 Å². The number of hydrogen-bond donors (Lipinski definition) is 1. The molecule has 0 radical (unpaired) electrons. The van der Waals surface area contributed by atoms with Crippen molar-refractivity contribution in [3.8, 4) is 5.75 Å². The molecule has 13 heavy (non-hydrogen) atoms. The van der Waals surface area contributed by atoms with Gasteiger partial charge in [-0.3, -0.25) is 0 Å². The van der Waals surface area contributed by atoms with Crippen molar-refractivity contribution < 1.29 is 9.50 Å². The fourth-order valence-corrected chi connectivity index (χ4v) is 1.76. The van der Waals surface area contributed by atoms with Gasteiger partial charge >= 0.3 is 0 Å². The van der Waals surface area contributed by atoms with E-state index >= 15 is 0 Å². The number of phenols is 1. The van der Waals surface area contributed by atoms with Crippen molar-refractivity contribution in [1.29, 1.82) is 0 Å². The van der Waals surface area contributed by atoms with Gasteiger partial charge in [0, 0.05) is 11.6 Å². The predicted octanol–water partition coefficient (Wildman–Crippen LogP) is 3.48. The molecule has 0 aliphatic rings. The van der Waals surface area contributed by atoms with Crippen molar-refractivity contribution in [3.05, 3.63) is 28.5 Å². The third kappa shape index (κ3) is 2.13. The topological polar surface area (TPSA) is 20.2 Å². The summed E-state index contributed by atoms with van der Waals surface area (Å²) < 4.78 is 13.4. The van der Waals surface area contributed by atoms with Crippen LogP contribution in [0.15, 0.2) is 12.1 Å². The second-order valence-electron chi connectivity index (χ2n) is 4.03. The van der Waals surface area contributed by atoms with Crippen molar-refractivity contribution in [1.82, 2.24) is 0 Å². The molecule has 0 amide bonds. The van der Waals surface area contributed by atoms with Crippen LogP contribution in [0.4, 0.5) is 4.39 Å². The van der Waals surface area contributed by atoms with Gasteiger partial charge in [-0.25, -0.2) is 4.39 Å². The van der Waals surface area contributed by atoms with E-state index in [1.54, 1.807) is 0 Å². The largest absolute Gasteiger partial charge is 0.508 e. The van der Waals surface area contributed by atoms with E-state index in [2.05, 4.69) is 0 Å².